The van der Waals surface area contributed by atoms with Crippen LogP contribution in [0, 0.1) is 10.8 Å². The van der Waals surface area contributed by atoms with Crippen LogP contribution in [0.15, 0.2) is 0 Å². The number of amides is 1. The largest absolute Gasteiger partial charge is 0.480 e. The summed E-state index contributed by atoms with van der Waals surface area (Å²) in [4.78, 5) is 23.2. The van der Waals surface area contributed by atoms with Gasteiger partial charge < -0.3 is 10.4 Å². The average molecular weight is 239 g/mol. The molecule has 2 fully saturated rings. The summed E-state index contributed by atoms with van der Waals surface area (Å²) in [5.41, 5.74) is -0.863. The molecule has 2 rings (SSSR count). The Kier molecular flexibility index (Phi) is 3.15. The van der Waals surface area contributed by atoms with E-state index in [4.69, 9.17) is 5.11 Å². The van der Waals surface area contributed by atoms with E-state index in [1.165, 1.54) is 6.42 Å². The summed E-state index contributed by atoms with van der Waals surface area (Å²) in [5, 5.41) is 12.0. The molecular weight excluding hydrogens is 218 g/mol. The molecule has 0 heterocycles. The van der Waals surface area contributed by atoms with Crippen molar-refractivity contribution in [2.24, 2.45) is 10.8 Å². The van der Waals surface area contributed by atoms with Crippen molar-refractivity contribution in [2.45, 2.75) is 51.9 Å². The van der Waals surface area contributed by atoms with Crippen molar-refractivity contribution in [2.75, 3.05) is 6.54 Å². The van der Waals surface area contributed by atoms with Gasteiger partial charge in [0.2, 0.25) is 5.91 Å². The molecule has 96 valence electrons. The van der Waals surface area contributed by atoms with Gasteiger partial charge in [0.15, 0.2) is 0 Å². The molecule has 0 unspecified atom stereocenters. The summed E-state index contributed by atoms with van der Waals surface area (Å²) in [6.45, 7) is 2.79. The second kappa shape index (κ2) is 4.31. The number of hydrogen-bond donors (Lipinski definition) is 2. The fraction of sp³-hybridized carbons (Fsp3) is 0.846. The quantitative estimate of drug-likeness (QED) is 0.720. The third-order valence-corrected chi connectivity index (χ3v) is 4.84. The summed E-state index contributed by atoms with van der Waals surface area (Å²) < 4.78 is 0. The Morgan fingerprint density at radius 1 is 1.18 bits per heavy atom. The van der Waals surface area contributed by atoms with Crippen LogP contribution in [0.25, 0.3) is 0 Å². The highest BCUT2D eigenvalue weighted by molar-refractivity contribution is 6.02. The molecule has 4 heteroatoms. The Morgan fingerprint density at radius 2 is 1.76 bits per heavy atom. The van der Waals surface area contributed by atoms with E-state index in [1.54, 1.807) is 0 Å². The second-order valence-corrected chi connectivity index (χ2v) is 5.63. The van der Waals surface area contributed by atoms with Crippen LogP contribution < -0.4 is 5.32 Å². The first-order valence-electron chi connectivity index (χ1n) is 6.56. The maximum absolute atomic E-state index is 12.0. The predicted molar refractivity (Wildman–Crippen MR) is 63.5 cm³/mol. The Labute approximate surface area is 102 Å². The van der Waals surface area contributed by atoms with Gasteiger partial charge in [0.1, 0.15) is 5.41 Å². The lowest BCUT2D eigenvalue weighted by molar-refractivity contribution is -0.162. The van der Waals surface area contributed by atoms with Gasteiger partial charge in [-0.3, -0.25) is 9.59 Å². The van der Waals surface area contributed by atoms with E-state index in [0.717, 1.165) is 25.7 Å². The SMILES string of the molecule is CCC1(CNC(=O)C2(C(=O)O)CCC2)CCC1. The van der Waals surface area contributed by atoms with Gasteiger partial charge in [-0.25, -0.2) is 0 Å². The molecule has 0 aromatic carbocycles. The molecule has 17 heavy (non-hydrogen) atoms. The Morgan fingerprint density at radius 3 is 2.06 bits per heavy atom. The molecule has 2 aliphatic rings. The second-order valence-electron chi connectivity index (χ2n) is 5.63. The Balaban J connectivity index is 1.91. The molecule has 0 aromatic rings. The van der Waals surface area contributed by atoms with E-state index in [-0.39, 0.29) is 11.3 Å². The first-order valence-corrected chi connectivity index (χ1v) is 6.56. The van der Waals surface area contributed by atoms with E-state index in [2.05, 4.69) is 12.2 Å². The number of carbonyl (C=O) groups is 2. The molecule has 2 saturated carbocycles. The van der Waals surface area contributed by atoms with Crippen molar-refractivity contribution >= 4 is 11.9 Å². The highest BCUT2D eigenvalue weighted by Crippen LogP contribution is 2.44. The molecule has 0 saturated heterocycles. The van der Waals surface area contributed by atoms with Gasteiger partial charge in [0, 0.05) is 6.54 Å². The van der Waals surface area contributed by atoms with Gasteiger partial charge in [-0.05, 0) is 37.5 Å². The van der Waals surface area contributed by atoms with Crippen molar-refractivity contribution in [1.82, 2.24) is 5.32 Å². The Hall–Kier alpha value is -1.06. The molecule has 0 radical (unpaired) electrons. The third-order valence-electron chi connectivity index (χ3n) is 4.84. The zero-order chi connectivity index (χ0) is 12.5. The van der Waals surface area contributed by atoms with Crippen LogP contribution in [0.3, 0.4) is 0 Å². The van der Waals surface area contributed by atoms with Crippen molar-refractivity contribution in [3.8, 4) is 0 Å². The number of carboxylic acid groups (broad SMARTS) is 1. The molecule has 1 amide bonds. The third kappa shape index (κ3) is 1.94. The number of hydrogen-bond acceptors (Lipinski definition) is 2. The molecule has 0 aliphatic heterocycles. The lowest BCUT2D eigenvalue weighted by atomic mass is 9.65. The summed E-state index contributed by atoms with van der Waals surface area (Å²) in [5.74, 6) is -1.23. The van der Waals surface area contributed by atoms with Gasteiger partial charge >= 0.3 is 5.97 Å². The highest BCUT2D eigenvalue weighted by atomic mass is 16.4. The summed E-state index contributed by atoms with van der Waals surface area (Å²) in [7, 11) is 0. The topological polar surface area (TPSA) is 66.4 Å². The fourth-order valence-corrected chi connectivity index (χ4v) is 2.84. The lowest BCUT2D eigenvalue weighted by Crippen LogP contribution is -2.53. The van der Waals surface area contributed by atoms with Gasteiger partial charge in [-0.2, -0.15) is 0 Å². The maximum Gasteiger partial charge on any atom is 0.319 e. The summed E-state index contributed by atoms with van der Waals surface area (Å²) >= 11 is 0. The van der Waals surface area contributed by atoms with E-state index in [9.17, 15) is 9.59 Å². The maximum atomic E-state index is 12.0. The van der Waals surface area contributed by atoms with Gasteiger partial charge in [-0.1, -0.05) is 19.8 Å². The number of carboxylic acids is 1. The zero-order valence-corrected chi connectivity index (χ0v) is 10.4. The standard InChI is InChI=1S/C13H21NO3/c1-2-12(5-3-6-12)9-14-10(15)13(11(16)17)7-4-8-13/h2-9H2,1H3,(H,14,15)(H,16,17). The smallest absolute Gasteiger partial charge is 0.319 e. The number of aliphatic carboxylic acids is 1. The fourth-order valence-electron chi connectivity index (χ4n) is 2.84. The average Bonchev–Trinajstić information content (AvgIpc) is 2.14. The molecule has 0 spiro atoms. The number of nitrogens with one attached hydrogen (secondary N) is 1. The van der Waals surface area contributed by atoms with Crippen LogP contribution in [-0.4, -0.2) is 23.5 Å². The Bertz CT molecular complexity index is 324. The van der Waals surface area contributed by atoms with E-state index < -0.39 is 11.4 Å². The first-order chi connectivity index (χ1) is 8.05. The van der Waals surface area contributed by atoms with E-state index in [1.807, 2.05) is 0 Å². The van der Waals surface area contributed by atoms with Crippen LogP contribution in [0.5, 0.6) is 0 Å². The molecule has 4 nitrogen and oxygen atoms in total. The molecule has 0 atom stereocenters. The van der Waals surface area contributed by atoms with E-state index in [0.29, 0.717) is 19.4 Å². The van der Waals surface area contributed by atoms with Crippen molar-refractivity contribution in [1.29, 1.82) is 0 Å². The minimum absolute atomic E-state index is 0.249. The molecule has 2 N–H and O–H groups in total. The zero-order valence-electron chi connectivity index (χ0n) is 10.4. The molecular formula is C13H21NO3. The van der Waals surface area contributed by atoms with E-state index >= 15 is 0 Å². The minimum Gasteiger partial charge on any atom is -0.480 e. The van der Waals surface area contributed by atoms with Crippen LogP contribution in [0.1, 0.15) is 51.9 Å². The molecule has 0 bridgehead atoms. The van der Waals surface area contributed by atoms with Crippen molar-refractivity contribution in [3.05, 3.63) is 0 Å². The monoisotopic (exact) mass is 239 g/mol. The number of rotatable bonds is 5. The van der Waals surface area contributed by atoms with Crippen LogP contribution in [0.4, 0.5) is 0 Å². The van der Waals surface area contributed by atoms with Gasteiger partial charge in [0.05, 0.1) is 0 Å². The van der Waals surface area contributed by atoms with Gasteiger partial charge in [0.25, 0.3) is 0 Å². The number of carbonyl (C=O) groups excluding carboxylic acids is 1. The first kappa shape index (κ1) is 12.4. The summed E-state index contributed by atoms with van der Waals surface area (Å²) in [6.07, 6.45) is 6.44. The lowest BCUT2D eigenvalue weighted by Gasteiger charge is -2.43. The predicted octanol–water partition coefficient (Wildman–Crippen LogP) is 1.94. The van der Waals surface area contributed by atoms with Gasteiger partial charge in [-0.15, -0.1) is 0 Å². The summed E-state index contributed by atoms with van der Waals surface area (Å²) in [6, 6.07) is 0. The normalized spacial score (nSPS) is 24.3. The molecule has 2 aliphatic carbocycles. The van der Waals surface area contributed by atoms with Crippen molar-refractivity contribution in [3.63, 3.8) is 0 Å². The molecule has 0 aromatic heterocycles. The van der Waals surface area contributed by atoms with Crippen LogP contribution >= 0.6 is 0 Å². The van der Waals surface area contributed by atoms with Crippen LogP contribution in [-0.2, 0) is 9.59 Å². The highest BCUT2D eigenvalue weighted by Gasteiger charge is 2.51. The minimum atomic E-state index is -1.11. The van der Waals surface area contributed by atoms with Crippen LogP contribution in [0.2, 0.25) is 0 Å². The van der Waals surface area contributed by atoms with Crippen molar-refractivity contribution < 1.29 is 14.7 Å².